The molecule has 96 valence electrons. The Labute approximate surface area is 111 Å². The van der Waals surface area contributed by atoms with Gasteiger partial charge in [-0.1, -0.05) is 34.1 Å². The molecule has 0 heterocycles. The van der Waals surface area contributed by atoms with Crippen molar-refractivity contribution in [2.75, 3.05) is 20.3 Å². The molecule has 0 radical (unpaired) electrons. The largest absolute Gasteiger partial charge is 0.384 e. The normalized spacial score (nSPS) is 13.5. The van der Waals surface area contributed by atoms with Gasteiger partial charge in [-0.3, -0.25) is 0 Å². The van der Waals surface area contributed by atoms with Gasteiger partial charge >= 0.3 is 0 Å². The minimum Gasteiger partial charge on any atom is -0.384 e. The number of ether oxygens (including phenoxy) is 1. The summed E-state index contributed by atoms with van der Waals surface area (Å²) >= 11 is 3.40. The zero-order valence-corrected chi connectivity index (χ0v) is 12.0. The van der Waals surface area contributed by atoms with Crippen molar-refractivity contribution in [1.82, 2.24) is 4.72 Å². The maximum Gasteiger partial charge on any atom is 0.240 e. The molecule has 1 aromatic rings. The summed E-state index contributed by atoms with van der Waals surface area (Å²) in [5.41, 5.74) is 0. The molecule has 1 rings (SSSR count). The smallest absolute Gasteiger partial charge is 0.240 e. The molecule has 1 atom stereocenters. The van der Waals surface area contributed by atoms with Crippen LogP contribution in [0.4, 0.5) is 0 Å². The lowest BCUT2D eigenvalue weighted by Gasteiger charge is -2.10. The van der Waals surface area contributed by atoms with Crippen LogP contribution in [-0.4, -0.2) is 33.5 Å². The Bertz CT molecular complexity index is 422. The molecule has 1 unspecified atom stereocenters. The SMILES string of the molecule is COCC(Br)CCNS(=O)(=O)c1ccccc1. The first-order valence-electron chi connectivity index (χ1n) is 5.24. The number of benzene rings is 1. The van der Waals surface area contributed by atoms with Crippen molar-refractivity contribution in [2.24, 2.45) is 0 Å². The Balaban J connectivity index is 2.46. The summed E-state index contributed by atoms with van der Waals surface area (Å²) in [7, 11) is -1.77. The summed E-state index contributed by atoms with van der Waals surface area (Å²) in [6.45, 7) is 0.948. The fourth-order valence-electron chi connectivity index (χ4n) is 1.30. The predicted molar refractivity (Wildman–Crippen MR) is 70.8 cm³/mol. The quantitative estimate of drug-likeness (QED) is 0.779. The molecule has 0 aliphatic rings. The summed E-state index contributed by atoms with van der Waals surface area (Å²) < 4.78 is 31.1. The van der Waals surface area contributed by atoms with Gasteiger partial charge in [0.15, 0.2) is 0 Å². The van der Waals surface area contributed by atoms with Gasteiger partial charge in [-0.05, 0) is 18.6 Å². The molecule has 0 aliphatic carbocycles. The van der Waals surface area contributed by atoms with Crippen molar-refractivity contribution in [3.8, 4) is 0 Å². The fraction of sp³-hybridized carbons (Fsp3) is 0.455. The molecule has 0 spiro atoms. The molecule has 0 aliphatic heterocycles. The van der Waals surface area contributed by atoms with Crippen LogP contribution in [0.2, 0.25) is 0 Å². The lowest BCUT2D eigenvalue weighted by atomic mass is 10.3. The minimum absolute atomic E-state index is 0.158. The molecular formula is C11H16BrNO3S. The van der Waals surface area contributed by atoms with E-state index in [0.29, 0.717) is 19.6 Å². The highest BCUT2D eigenvalue weighted by atomic mass is 79.9. The number of sulfonamides is 1. The van der Waals surface area contributed by atoms with E-state index >= 15 is 0 Å². The van der Waals surface area contributed by atoms with Crippen LogP contribution in [0.1, 0.15) is 6.42 Å². The van der Waals surface area contributed by atoms with E-state index in [-0.39, 0.29) is 9.72 Å². The summed E-state index contributed by atoms with van der Waals surface area (Å²) in [6.07, 6.45) is 0.680. The number of alkyl halides is 1. The van der Waals surface area contributed by atoms with Crippen LogP contribution in [0.3, 0.4) is 0 Å². The van der Waals surface area contributed by atoms with Gasteiger partial charge in [0.1, 0.15) is 0 Å². The molecule has 0 saturated carbocycles. The second-order valence-electron chi connectivity index (χ2n) is 3.55. The fourth-order valence-corrected chi connectivity index (χ4v) is 2.86. The molecule has 0 amide bonds. The van der Waals surface area contributed by atoms with Crippen molar-refractivity contribution in [3.63, 3.8) is 0 Å². The average molecular weight is 322 g/mol. The van der Waals surface area contributed by atoms with Crippen LogP contribution >= 0.6 is 15.9 Å². The van der Waals surface area contributed by atoms with Crippen LogP contribution < -0.4 is 4.72 Å². The maximum absolute atomic E-state index is 11.8. The van der Waals surface area contributed by atoms with Crippen LogP contribution in [0, 0.1) is 0 Å². The van der Waals surface area contributed by atoms with Gasteiger partial charge in [0.25, 0.3) is 0 Å². The number of hydrogen-bond acceptors (Lipinski definition) is 3. The number of nitrogens with one attached hydrogen (secondary N) is 1. The standard InChI is InChI=1S/C11H16BrNO3S/c1-16-9-10(12)7-8-13-17(14,15)11-5-3-2-4-6-11/h2-6,10,13H,7-9H2,1H3. The van der Waals surface area contributed by atoms with Crippen molar-refractivity contribution in [2.45, 2.75) is 16.1 Å². The summed E-state index contributed by atoms with van der Waals surface area (Å²) in [5, 5.41) is 0. The number of rotatable bonds is 7. The first kappa shape index (κ1) is 14.6. The summed E-state index contributed by atoms with van der Waals surface area (Å²) in [6, 6.07) is 8.33. The lowest BCUT2D eigenvalue weighted by molar-refractivity contribution is 0.199. The molecule has 6 heteroatoms. The van der Waals surface area contributed by atoms with Crippen LogP contribution in [0.5, 0.6) is 0 Å². The minimum atomic E-state index is -3.38. The van der Waals surface area contributed by atoms with E-state index in [1.165, 1.54) is 0 Å². The number of hydrogen-bond donors (Lipinski definition) is 1. The van der Waals surface area contributed by atoms with Gasteiger partial charge in [0.2, 0.25) is 10.0 Å². The first-order valence-corrected chi connectivity index (χ1v) is 7.64. The highest BCUT2D eigenvalue weighted by Gasteiger charge is 2.13. The summed E-state index contributed by atoms with van der Waals surface area (Å²) in [4.78, 5) is 0.448. The van der Waals surface area contributed by atoms with Crippen molar-refractivity contribution >= 4 is 26.0 Å². The van der Waals surface area contributed by atoms with E-state index < -0.39 is 10.0 Å². The third-order valence-electron chi connectivity index (χ3n) is 2.15. The molecule has 0 aromatic heterocycles. The van der Waals surface area contributed by atoms with E-state index in [1.807, 2.05) is 0 Å². The zero-order chi connectivity index (χ0) is 12.7. The Morgan fingerprint density at radius 2 is 2.00 bits per heavy atom. The van der Waals surface area contributed by atoms with Gasteiger partial charge in [-0.25, -0.2) is 13.1 Å². The Kier molecular flexibility index (Phi) is 6.11. The second-order valence-corrected chi connectivity index (χ2v) is 6.61. The lowest BCUT2D eigenvalue weighted by Crippen LogP contribution is -2.27. The van der Waals surface area contributed by atoms with Gasteiger partial charge in [-0.15, -0.1) is 0 Å². The third kappa shape index (κ3) is 5.16. The first-order chi connectivity index (χ1) is 8.06. The molecule has 1 aromatic carbocycles. The molecule has 0 fully saturated rings. The zero-order valence-electron chi connectivity index (χ0n) is 9.60. The molecule has 0 saturated heterocycles. The summed E-state index contributed by atoms with van der Waals surface area (Å²) in [5.74, 6) is 0. The average Bonchev–Trinajstić information content (AvgIpc) is 2.30. The van der Waals surface area contributed by atoms with Crippen molar-refractivity contribution in [3.05, 3.63) is 30.3 Å². The van der Waals surface area contributed by atoms with Crippen LogP contribution in [0.25, 0.3) is 0 Å². The van der Waals surface area contributed by atoms with E-state index in [4.69, 9.17) is 4.74 Å². The van der Waals surface area contributed by atoms with Crippen LogP contribution in [0.15, 0.2) is 35.2 Å². The van der Waals surface area contributed by atoms with Gasteiger partial charge in [0.05, 0.1) is 11.5 Å². The molecule has 1 N–H and O–H groups in total. The van der Waals surface area contributed by atoms with E-state index in [0.717, 1.165) is 0 Å². The third-order valence-corrected chi connectivity index (χ3v) is 4.35. The van der Waals surface area contributed by atoms with Gasteiger partial charge < -0.3 is 4.74 Å². The van der Waals surface area contributed by atoms with Gasteiger partial charge in [0, 0.05) is 18.5 Å². The Morgan fingerprint density at radius 1 is 1.35 bits per heavy atom. The van der Waals surface area contributed by atoms with Crippen LogP contribution in [-0.2, 0) is 14.8 Å². The molecule has 4 nitrogen and oxygen atoms in total. The monoisotopic (exact) mass is 321 g/mol. The van der Waals surface area contributed by atoms with E-state index in [1.54, 1.807) is 37.4 Å². The Hall–Kier alpha value is -0.430. The topological polar surface area (TPSA) is 55.4 Å². The molecule has 17 heavy (non-hydrogen) atoms. The number of halogens is 1. The van der Waals surface area contributed by atoms with Gasteiger partial charge in [-0.2, -0.15) is 0 Å². The predicted octanol–water partition coefficient (Wildman–Crippen LogP) is 1.76. The van der Waals surface area contributed by atoms with E-state index in [2.05, 4.69) is 20.7 Å². The maximum atomic E-state index is 11.8. The molecule has 0 bridgehead atoms. The highest BCUT2D eigenvalue weighted by molar-refractivity contribution is 9.09. The van der Waals surface area contributed by atoms with Crippen molar-refractivity contribution < 1.29 is 13.2 Å². The van der Waals surface area contributed by atoms with E-state index in [9.17, 15) is 8.42 Å². The van der Waals surface area contributed by atoms with Crippen molar-refractivity contribution in [1.29, 1.82) is 0 Å². The molecular weight excluding hydrogens is 306 g/mol. The highest BCUT2D eigenvalue weighted by Crippen LogP contribution is 2.08. The number of methoxy groups -OCH3 is 1. The Morgan fingerprint density at radius 3 is 2.59 bits per heavy atom. The second kappa shape index (κ2) is 7.10.